The highest BCUT2D eigenvalue weighted by Crippen LogP contribution is 2.34. The van der Waals surface area contributed by atoms with E-state index in [-0.39, 0.29) is 37.0 Å². The summed E-state index contributed by atoms with van der Waals surface area (Å²) < 4.78 is 1.51. The van der Waals surface area contributed by atoms with Crippen LogP contribution < -0.4 is 5.32 Å². The number of hydrogen-bond acceptors (Lipinski definition) is 6. The number of Topliss-reactive ketones (excluding diaryl/α,β-unsaturated/α-hetero) is 1. The molecule has 0 saturated carbocycles. The standard InChI is InChI=1S/C24H33N5O4/c1-15-6-8-16(9-7-15)20(31)11-10-17-13-29(27-26-17)21(24(2,3)4)23(33)28-14-18(30)12-19(28)22(32)25-5/h6-9,13,18-19,21,30H,10-12,14H2,1-5H3,(H,25,32)/t18?,19-,21?/m1/s1. The molecule has 1 aromatic heterocycles. The molecule has 9 nitrogen and oxygen atoms in total. The van der Waals surface area contributed by atoms with Crippen LogP contribution in [0.1, 0.15) is 61.3 Å². The van der Waals surface area contributed by atoms with Crippen molar-refractivity contribution in [1.29, 1.82) is 0 Å². The second kappa shape index (κ2) is 9.82. The minimum atomic E-state index is -0.754. The molecule has 1 aliphatic rings. The molecule has 0 aliphatic carbocycles. The first-order chi connectivity index (χ1) is 15.5. The fourth-order valence-electron chi connectivity index (χ4n) is 4.19. The Hall–Kier alpha value is -3.07. The van der Waals surface area contributed by atoms with E-state index in [1.807, 2.05) is 52.0 Å². The number of aliphatic hydroxyl groups is 1. The molecule has 0 bridgehead atoms. The van der Waals surface area contributed by atoms with Gasteiger partial charge in [0.2, 0.25) is 11.8 Å². The maximum atomic E-state index is 13.5. The summed E-state index contributed by atoms with van der Waals surface area (Å²) in [6.45, 7) is 7.81. The Morgan fingerprint density at radius 1 is 1.21 bits per heavy atom. The normalized spacial score (nSPS) is 19.4. The van der Waals surface area contributed by atoms with Crippen molar-refractivity contribution in [2.45, 2.75) is 65.1 Å². The van der Waals surface area contributed by atoms with Crippen LogP contribution >= 0.6 is 0 Å². The fourth-order valence-corrected chi connectivity index (χ4v) is 4.19. The average Bonchev–Trinajstić information content (AvgIpc) is 3.37. The number of aliphatic hydroxyl groups excluding tert-OH is 1. The van der Waals surface area contributed by atoms with Gasteiger partial charge in [-0.2, -0.15) is 0 Å². The van der Waals surface area contributed by atoms with Gasteiger partial charge in [0.05, 0.1) is 11.8 Å². The third-order valence-electron chi connectivity index (χ3n) is 5.97. The van der Waals surface area contributed by atoms with Crippen LogP contribution in [0.4, 0.5) is 0 Å². The van der Waals surface area contributed by atoms with Gasteiger partial charge >= 0.3 is 0 Å². The summed E-state index contributed by atoms with van der Waals surface area (Å²) in [5, 5.41) is 21.1. The number of carbonyl (C=O) groups is 3. The number of amides is 2. The fraction of sp³-hybridized carbons (Fsp3) is 0.542. The molecule has 9 heteroatoms. The molecule has 1 aliphatic heterocycles. The maximum absolute atomic E-state index is 13.5. The number of benzene rings is 1. The summed E-state index contributed by atoms with van der Waals surface area (Å²) in [5.41, 5.74) is 1.84. The van der Waals surface area contributed by atoms with Gasteiger partial charge in [-0.15, -0.1) is 5.10 Å². The third kappa shape index (κ3) is 5.65. The van der Waals surface area contributed by atoms with Crippen LogP contribution in [0.5, 0.6) is 0 Å². The van der Waals surface area contributed by atoms with E-state index < -0.39 is 23.6 Å². The molecule has 1 saturated heterocycles. The number of likely N-dealkylation sites (tertiary alicyclic amines) is 1. The maximum Gasteiger partial charge on any atom is 0.248 e. The molecule has 2 aromatic rings. The number of nitrogens with one attached hydrogen (secondary N) is 1. The lowest BCUT2D eigenvalue weighted by atomic mass is 9.85. The number of β-amino-alcohol motifs (C(OH)–C–C–N with tert-alkyl or cyclic N) is 1. The number of hydrogen-bond donors (Lipinski definition) is 2. The van der Waals surface area contributed by atoms with Crippen LogP contribution in [0.3, 0.4) is 0 Å². The summed E-state index contributed by atoms with van der Waals surface area (Å²) in [4.78, 5) is 39.8. The summed E-state index contributed by atoms with van der Waals surface area (Å²) in [7, 11) is 1.51. The zero-order chi connectivity index (χ0) is 24.3. The molecule has 0 radical (unpaired) electrons. The number of ketones is 1. The summed E-state index contributed by atoms with van der Waals surface area (Å²) in [6, 6.07) is 6.00. The lowest BCUT2D eigenvalue weighted by molar-refractivity contribution is -0.144. The average molecular weight is 456 g/mol. The van der Waals surface area contributed by atoms with Crippen LogP contribution in [0.15, 0.2) is 30.5 Å². The third-order valence-corrected chi connectivity index (χ3v) is 5.97. The molecule has 1 aromatic carbocycles. The van der Waals surface area contributed by atoms with Gasteiger partial charge in [0.25, 0.3) is 0 Å². The van der Waals surface area contributed by atoms with Gasteiger partial charge < -0.3 is 15.3 Å². The molecule has 3 rings (SSSR count). The summed E-state index contributed by atoms with van der Waals surface area (Å²) in [5.74, 6) is -0.575. The molecule has 1 fully saturated rings. The smallest absolute Gasteiger partial charge is 0.248 e. The van der Waals surface area contributed by atoms with E-state index in [2.05, 4.69) is 15.6 Å². The van der Waals surface area contributed by atoms with E-state index in [4.69, 9.17) is 0 Å². The van der Waals surface area contributed by atoms with E-state index >= 15 is 0 Å². The predicted octanol–water partition coefficient (Wildman–Crippen LogP) is 1.70. The van der Waals surface area contributed by atoms with Gasteiger partial charge in [-0.25, -0.2) is 4.68 Å². The van der Waals surface area contributed by atoms with Crippen molar-refractivity contribution >= 4 is 17.6 Å². The van der Waals surface area contributed by atoms with E-state index in [1.165, 1.54) is 16.6 Å². The number of carbonyl (C=O) groups excluding carboxylic acids is 3. The molecule has 3 atom stereocenters. The van der Waals surface area contributed by atoms with Crippen LogP contribution in [0.25, 0.3) is 0 Å². The van der Waals surface area contributed by atoms with Gasteiger partial charge in [-0.05, 0) is 12.3 Å². The zero-order valence-electron chi connectivity index (χ0n) is 19.9. The minimum Gasteiger partial charge on any atom is -0.391 e. The van der Waals surface area contributed by atoms with E-state index in [9.17, 15) is 19.5 Å². The Labute approximate surface area is 194 Å². The Balaban J connectivity index is 1.76. The first kappa shape index (κ1) is 24.6. The summed E-state index contributed by atoms with van der Waals surface area (Å²) >= 11 is 0. The van der Waals surface area contributed by atoms with Crippen molar-refractivity contribution in [3.63, 3.8) is 0 Å². The SMILES string of the molecule is CNC(=O)[C@H]1CC(O)CN1C(=O)C(n1cc(CCC(=O)c2ccc(C)cc2)nn1)C(C)(C)C. The molecule has 33 heavy (non-hydrogen) atoms. The van der Waals surface area contributed by atoms with Crippen molar-refractivity contribution < 1.29 is 19.5 Å². The van der Waals surface area contributed by atoms with Crippen LogP contribution in [0.2, 0.25) is 0 Å². The second-order valence-electron chi connectivity index (χ2n) is 9.76. The van der Waals surface area contributed by atoms with Crippen LogP contribution in [-0.2, 0) is 16.0 Å². The first-order valence-corrected chi connectivity index (χ1v) is 11.2. The van der Waals surface area contributed by atoms with Crippen molar-refractivity contribution in [3.8, 4) is 0 Å². The largest absolute Gasteiger partial charge is 0.391 e. The van der Waals surface area contributed by atoms with Gasteiger partial charge in [0, 0.05) is 44.6 Å². The lowest BCUT2D eigenvalue weighted by Gasteiger charge is -2.34. The monoisotopic (exact) mass is 455 g/mol. The number of aromatic nitrogens is 3. The quantitative estimate of drug-likeness (QED) is 0.614. The highest BCUT2D eigenvalue weighted by atomic mass is 16.3. The molecule has 2 N–H and O–H groups in total. The van der Waals surface area contributed by atoms with Crippen molar-refractivity contribution in [2.24, 2.45) is 5.41 Å². The van der Waals surface area contributed by atoms with Gasteiger partial charge in [-0.3, -0.25) is 14.4 Å². The minimum absolute atomic E-state index is 0.0208. The number of likely N-dealkylation sites (N-methyl/N-ethyl adjacent to an activating group) is 1. The lowest BCUT2D eigenvalue weighted by Crippen LogP contribution is -2.49. The second-order valence-corrected chi connectivity index (χ2v) is 9.76. The highest BCUT2D eigenvalue weighted by molar-refractivity contribution is 5.96. The van der Waals surface area contributed by atoms with Crippen molar-refractivity contribution in [1.82, 2.24) is 25.2 Å². The molecule has 2 heterocycles. The highest BCUT2D eigenvalue weighted by Gasteiger charge is 2.44. The molecule has 2 unspecified atom stereocenters. The van der Waals surface area contributed by atoms with Gasteiger partial charge in [-0.1, -0.05) is 55.8 Å². The van der Waals surface area contributed by atoms with Crippen LogP contribution in [-0.4, -0.2) is 68.3 Å². The first-order valence-electron chi connectivity index (χ1n) is 11.2. The number of rotatable bonds is 7. The molecule has 178 valence electrons. The Bertz CT molecular complexity index is 1010. The van der Waals surface area contributed by atoms with Gasteiger partial charge in [0.15, 0.2) is 5.78 Å². The summed E-state index contributed by atoms with van der Waals surface area (Å²) in [6.07, 6.45) is 1.83. The Morgan fingerprint density at radius 2 is 1.88 bits per heavy atom. The van der Waals surface area contributed by atoms with Crippen molar-refractivity contribution in [2.75, 3.05) is 13.6 Å². The number of nitrogens with zero attached hydrogens (tertiary/aromatic N) is 4. The van der Waals surface area contributed by atoms with E-state index in [0.717, 1.165) is 5.56 Å². The molecular formula is C24H33N5O4. The number of aryl methyl sites for hydroxylation is 2. The topological polar surface area (TPSA) is 117 Å². The molecule has 2 amide bonds. The van der Waals surface area contributed by atoms with E-state index in [1.54, 1.807) is 6.20 Å². The molecule has 0 spiro atoms. The Morgan fingerprint density at radius 3 is 2.48 bits per heavy atom. The van der Waals surface area contributed by atoms with Gasteiger partial charge in [0.1, 0.15) is 12.1 Å². The van der Waals surface area contributed by atoms with Crippen molar-refractivity contribution in [3.05, 3.63) is 47.3 Å². The van der Waals surface area contributed by atoms with Crippen LogP contribution in [0, 0.1) is 12.3 Å². The van der Waals surface area contributed by atoms with E-state index in [0.29, 0.717) is 17.7 Å². The molecular weight excluding hydrogens is 422 g/mol. The predicted molar refractivity (Wildman–Crippen MR) is 123 cm³/mol. The Kier molecular flexibility index (Phi) is 7.31. The zero-order valence-corrected chi connectivity index (χ0v) is 19.9.